The van der Waals surface area contributed by atoms with Crippen LogP contribution in [0.5, 0.6) is 5.75 Å². The van der Waals surface area contributed by atoms with Crippen LogP contribution in [0, 0.1) is 0 Å². The average Bonchev–Trinajstić information content (AvgIpc) is 3.04. The van der Waals surface area contributed by atoms with Gasteiger partial charge in [-0.3, -0.25) is 9.52 Å². The summed E-state index contributed by atoms with van der Waals surface area (Å²) in [5, 5.41) is 2.62. The number of fused-ring (bicyclic) bond motifs is 4. The topological polar surface area (TPSA) is 84.5 Å². The molecule has 140 valence electrons. The largest absolute Gasteiger partial charge is 0.482 e. The third-order valence-electron chi connectivity index (χ3n) is 4.94. The second kappa shape index (κ2) is 6.10. The molecule has 3 aromatic carbocycles. The summed E-state index contributed by atoms with van der Waals surface area (Å²) in [7, 11) is -3.81. The van der Waals surface area contributed by atoms with Gasteiger partial charge in [-0.25, -0.2) is 8.42 Å². The molecule has 1 aliphatic heterocycles. The Hall–Kier alpha value is -3.32. The van der Waals surface area contributed by atoms with E-state index in [2.05, 4.69) is 22.2 Å². The number of hydrogen-bond acceptors (Lipinski definition) is 4. The molecule has 0 saturated carbocycles. The van der Waals surface area contributed by atoms with E-state index >= 15 is 0 Å². The van der Waals surface area contributed by atoms with Gasteiger partial charge in [-0.1, -0.05) is 30.3 Å². The Bertz CT molecular complexity index is 1230. The van der Waals surface area contributed by atoms with Crippen LogP contribution in [0.25, 0.3) is 11.1 Å². The smallest absolute Gasteiger partial charge is 0.262 e. The van der Waals surface area contributed by atoms with Gasteiger partial charge < -0.3 is 10.1 Å². The van der Waals surface area contributed by atoms with Crippen LogP contribution in [-0.4, -0.2) is 20.9 Å². The molecular weight excluding hydrogens is 376 g/mol. The van der Waals surface area contributed by atoms with Gasteiger partial charge in [0.1, 0.15) is 5.75 Å². The molecule has 0 saturated heterocycles. The Labute approximate surface area is 162 Å². The maximum atomic E-state index is 12.8. The van der Waals surface area contributed by atoms with E-state index in [1.807, 2.05) is 24.3 Å². The zero-order valence-electron chi connectivity index (χ0n) is 14.7. The molecule has 1 aliphatic carbocycles. The molecular formula is C21H16N2O4S. The van der Waals surface area contributed by atoms with E-state index in [4.69, 9.17) is 4.74 Å². The van der Waals surface area contributed by atoms with Crippen molar-refractivity contribution in [3.63, 3.8) is 0 Å². The Morgan fingerprint density at radius 3 is 2.64 bits per heavy atom. The molecule has 0 bridgehead atoms. The standard InChI is InChI=1S/C21H16N2O4S/c24-21-12-27-20-8-6-16(11-19(20)22-21)28(25,26)23-15-5-7-18-14(10-15)9-13-3-1-2-4-17(13)18/h1-8,10-11,23H,9,12H2,(H,22,24). The number of nitrogens with one attached hydrogen (secondary N) is 2. The van der Waals surface area contributed by atoms with E-state index in [0.29, 0.717) is 17.1 Å². The van der Waals surface area contributed by atoms with Crippen LogP contribution in [0.3, 0.4) is 0 Å². The zero-order valence-corrected chi connectivity index (χ0v) is 15.5. The highest BCUT2D eigenvalue weighted by molar-refractivity contribution is 7.92. The quantitative estimate of drug-likeness (QED) is 0.560. The van der Waals surface area contributed by atoms with E-state index in [1.165, 1.54) is 23.3 Å². The number of anilines is 2. The van der Waals surface area contributed by atoms with Crippen molar-refractivity contribution >= 4 is 27.3 Å². The zero-order chi connectivity index (χ0) is 19.3. The van der Waals surface area contributed by atoms with Crippen molar-refractivity contribution in [2.75, 3.05) is 16.6 Å². The van der Waals surface area contributed by atoms with Gasteiger partial charge >= 0.3 is 0 Å². The Kier molecular flexibility index (Phi) is 3.67. The molecule has 1 heterocycles. The molecule has 6 nitrogen and oxygen atoms in total. The van der Waals surface area contributed by atoms with Gasteiger partial charge in [-0.2, -0.15) is 0 Å². The first-order chi connectivity index (χ1) is 13.5. The number of amides is 1. The summed E-state index contributed by atoms with van der Waals surface area (Å²) in [4.78, 5) is 11.5. The number of ether oxygens (including phenoxy) is 1. The van der Waals surface area contributed by atoms with E-state index in [-0.39, 0.29) is 17.4 Å². The summed E-state index contributed by atoms with van der Waals surface area (Å²) in [5.74, 6) is 0.141. The highest BCUT2D eigenvalue weighted by atomic mass is 32.2. The van der Waals surface area contributed by atoms with Crippen LogP contribution in [0.15, 0.2) is 65.6 Å². The molecule has 28 heavy (non-hydrogen) atoms. The number of carbonyl (C=O) groups excluding carboxylic acids is 1. The fourth-order valence-corrected chi connectivity index (χ4v) is 4.73. The molecule has 0 aromatic heterocycles. The van der Waals surface area contributed by atoms with Crippen LogP contribution >= 0.6 is 0 Å². The SMILES string of the molecule is O=C1COc2ccc(S(=O)(=O)Nc3ccc4c(c3)Cc3ccccc3-4)cc2N1. The molecule has 0 unspecified atom stereocenters. The summed E-state index contributed by atoms with van der Waals surface area (Å²) < 4.78 is 33.5. The van der Waals surface area contributed by atoms with Gasteiger partial charge in [-0.05, 0) is 59.0 Å². The first-order valence-corrected chi connectivity index (χ1v) is 10.3. The van der Waals surface area contributed by atoms with Crippen molar-refractivity contribution in [1.82, 2.24) is 0 Å². The fraction of sp³-hybridized carbons (Fsp3) is 0.0952. The maximum absolute atomic E-state index is 12.8. The lowest BCUT2D eigenvalue weighted by Gasteiger charge is -2.18. The van der Waals surface area contributed by atoms with Crippen molar-refractivity contribution in [2.45, 2.75) is 11.3 Å². The van der Waals surface area contributed by atoms with Gasteiger partial charge in [0.2, 0.25) is 0 Å². The van der Waals surface area contributed by atoms with Crippen molar-refractivity contribution in [3.05, 3.63) is 71.8 Å². The van der Waals surface area contributed by atoms with Crippen molar-refractivity contribution < 1.29 is 17.9 Å². The van der Waals surface area contributed by atoms with Crippen molar-refractivity contribution in [1.29, 1.82) is 0 Å². The summed E-state index contributed by atoms with van der Waals surface area (Å²) in [6.07, 6.45) is 0.781. The molecule has 0 fully saturated rings. The highest BCUT2D eigenvalue weighted by Crippen LogP contribution is 2.38. The minimum atomic E-state index is -3.81. The summed E-state index contributed by atoms with van der Waals surface area (Å²) in [6, 6.07) is 18.2. The number of sulfonamides is 1. The number of carbonyl (C=O) groups is 1. The molecule has 0 spiro atoms. The second-order valence-corrected chi connectivity index (χ2v) is 8.49. The molecule has 7 heteroatoms. The van der Waals surface area contributed by atoms with E-state index in [1.54, 1.807) is 12.1 Å². The monoisotopic (exact) mass is 392 g/mol. The molecule has 5 rings (SSSR count). The average molecular weight is 392 g/mol. The van der Waals surface area contributed by atoms with Gasteiger partial charge in [0, 0.05) is 5.69 Å². The van der Waals surface area contributed by atoms with Gasteiger partial charge in [0.15, 0.2) is 6.61 Å². The highest BCUT2D eigenvalue weighted by Gasteiger charge is 2.22. The van der Waals surface area contributed by atoms with E-state index in [0.717, 1.165) is 17.5 Å². The minimum absolute atomic E-state index is 0.0563. The van der Waals surface area contributed by atoms with Gasteiger partial charge in [0.25, 0.3) is 15.9 Å². The lowest BCUT2D eigenvalue weighted by molar-refractivity contribution is -0.118. The Morgan fingerprint density at radius 2 is 1.75 bits per heavy atom. The third kappa shape index (κ3) is 2.80. The van der Waals surface area contributed by atoms with E-state index < -0.39 is 10.0 Å². The summed E-state index contributed by atoms with van der Waals surface area (Å²) in [5.41, 5.74) is 5.51. The lowest BCUT2D eigenvalue weighted by Crippen LogP contribution is -2.25. The molecule has 0 radical (unpaired) electrons. The van der Waals surface area contributed by atoms with Crippen LogP contribution < -0.4 is 14.8 Å². The molecule has 3 aromatic rings. The fourth-order valence-electron chi connectivity index (χ4n) is 3.65. The minimum Gasteiger partial charge on any atom is -0.482 e. The second-order valence-electron chi connectivity index (χ2n) is 6.81. The summed E-state index contributed by atoms with van der Waals surface area (Å²) in [6.45, 7) is -0.0745. The van der Waals surface area contributed by atoms with Crippen molar-refractivity contribution in [3.8, 4) is 16.9 Å². The molecule has 2 N–H and O–H groups in total. The number of rotatable bonds is 3. The van der Waals surface area contributed by atoms with Gasteiger partial charge in [-0.15, -0.1) is 0 Å². The molecule has 0 atom stereocenters. The first-order valence-electron chi connectivity index (χ1n) is 8.80. The van der Waals surface area contributed by atoms with Crippen LogP contribution in [-0.2, 0) is 21.2 Å². The van der Waals surface area contributed by atoms with Gasteiger partial charge in [0.05, 0.1) is 10.6 Å². The summed E-state index contributed by atoms with van der Waals surface area (Å²) >= 11 is 0. The molecule has 2 aliphatic rings. The predicted octanol–water partition coefficient (Wildman–Crippen LogP) is 3.39. The number of benzene rings is 3. The van der Waals surface area contributed by atoms with Crippen molar-refractivity contribution in [2.24, 2.45) is 0 Å². The predicted molar refractivity (Wildman–Crippen MR) is 106 cm³/mol. The third-order valence-corrected chi connectivity index (χ3v) is 6.32. The Morgan fingerprint density at radius 1 is 0.929 bits per heavy atom. The maximum Gasteiger partial charge on any atom is 0.262 e. The number of hydrogen-bond donors (Lipinski definition) is 2. The molecule has 1 amide bonds. The lowest BCUT2D eigenvalue weighted by atomic mass is 10.1. The normalized spacial score (nSPS) is 14.4. The van der Waals surface area contributed by atoms with Crippen LogP contribution in [0.2, 0.25) is 0 Å². The van der Waals surface area contributed by atoms with Crippen LogP contribution in [0.1, 0.15) is 11.1 Å². The first kappa shape index (κ1) is 16.8. The Balaban J connectivity index is 1.44. The van der Waals surface area contributed by atoms with Crippen LogP contribution in [0.4, 0.5) is 11.4 Å². The van der Waals surface area contributed by atoms with E-state index in [9.17, 15) is 13.2 Å².